The van der Waals surface area contributed by atoms with E-state index in [0.29, 0.717) is 29.6 Å². The minimum Gasteiger partial charge on any atom is -0.356 e. The highest BCUT2D eigenvalue weighted by Gasteiger charge is 2.36. The molecule has 8 nitrogen and oxygen atoms in total. The van der Waals surface area contributed by atoms with Crippen molar-refractivity contribution in [3.8, 4) is 0 Å². The largest absolute Gasteiger partial charge is 0.356 e. The normalized spacial score (nSPS) is 25.1. The van der Waals surface area contributed by atoms with Gasteiger partial charge in [0.25, 0.3) is 0 Å². The molecule has 3 heterocycles. The molecular weight excluding hydrogens is 330 g/mol. The van der Waals surface area contributed by atoms with E-state index in [2.05, 4.69) is 20.6 Å². The molecule has 1 fully saturated rings. The summed E-state index contributed by atoms with van der Waals surface area (Å²) in [6.45, 7) is 5.71. The van der Waals surface area contributed by atoms with Gasteiger partial charge in [0.05, 0.1) is 11.5 Å². The maximum absolute atomic E-state index is 12.3. The molecule has 0 aliphatic carbocycles. The molecule has 3 rings (SSSR count). The van der Waals surface area contributed by atoms with Gasteiger partial charge >= 0.3 is 0 Å². The Hall–Kier alpha value is -1.90. The number of rotatable bonds is 3. The highest BCUT2D eigenvalue weighted by molar-refractivity contribution is 7.91. The number of hydrogen-bond donors (Lipinski definition) is 2. The fraction of sp³-hybridized carbons (Fsp3) is 0.667. The number of carbonyl (C=O) groups is 1. The number of nitrogens with one attached hydrogen (secondary N) is 2. The molecule has 2 aliphatic heterocycles. The SMILES string of the molecule is Cc1nc2c(c(N(C)C3CCS(=O)(=O)C3)n1)NC(=O)C(C(C)C)N2. The summed E-state index contributed by atoms with van der Waals surface area (Å²) >= 11 is 0. The zero-order valence-corrected chi connectivity index (χ0v) is 15.1. The molecule has 2 aliphatic rings. The summed E-state index contributed by atoms with van der Waals surface area (Å²) < 4.78 is 23.5. The summed E-state index contributed by atoms with van der Waals surface area (Å²) in [5.74, 6) is 2.01. The Balaban J connectivity index is 1.97. The van der Waals surface area contributed by atoms with Crippen LogP contribution in [0.1, 0.15) is 26.1 Å². The van der Waals surface area contributed by atoms with Crippen molar-refractivity contribution in [1.82, 2.24) is 9.97 Å². The summed E-state index contributed by atoms with van der Waals surface area (Å²) in [6, 6.07) is -0.495. The first-order valence-corrected chi connectivity index (χ1v) is 9.89. The van der Waals surface area contributed by atoms with Gasteiger partial charge in [-0.2, -0.15) is 0 Å². The fourth-order valence-corrected chi connectivity index (χ4v) is 4.94. The minimum atomic E-state index is -3.00. The molecule has 0 saturated carbocycles. The van der Waals surface area contributed by atoms with Crippen LogP contribution in [0.5, 0.6) is 0 Å². The lowest BCUT2D eigenvalue weighted by Crippen LogP contribution is -2.44. The highest BCUT2D eigenvalue weighted by Crippen LogP contribution is 2.36. The van der Waals surface area contributed by atoms with Crippen molar-refractivity contribution >= 4 is 33.1 Å². The summed E-state index contributed by atoms with van der Waals surface area (Å²) in [7, 11) is -1.18. The number of aryl methyl sites for hydroxylation is 1. The number of nitrogens with zero attached hydrogens (tertiary/aromatic N) is 3. The molecule has 24 heavy (non-hydrogen) atoms. The molecule has 2 N–H and O–H groups in total. The first-order chi connectivity index (χ1) is 11.2. The topological polar surface area (TPSA) is 104 Å². The van der Waals surface area contributed by atoms with E-state index >= 15 is 0 Å². The number of anilines is 3. The third kappa shape index (κ3) is 3.04. The highest BCUT2D eigenvalue weighted by atomic mass is 32.2. The lowest BCUT2D eigenvalue weighted by atomic mass is 10.0. The number of amides is 1. The van der Waals surface area contributed by atoms with E-state index in [9.17, 15) is 13.2 Å². The standard InChI is InChI=1S/C15H23N5O3S/c1-8(2)11-15(21)19-12-13(18-11)16-9(3)17-14(12)20(4)10-5-6-24(22,23)7-10/h8,10-11H,5-7H2,1-4H3,(H,19,21)(H,16,17,18). The van der Waals surface area contributed by atoms with Gasteiger partial charge in [0.2, 0.25) is 5.91 Å². The molecule has 0 aromatic carbocycles. The first-order valence-electron chi connectivity index (χ1n) is 8.07. The van der Waals surface area contributed by atoms with Gasteiger partial charge in [-0.1, -0.05) is 13.8 Å². The van der Waals surface area contributed by atoms with Crippen molar-refractivity contribution in [2.24, 2.45) is 5.92 Å². The Labute approximate surface area is 142 Å². The number of aromatic nitrogens is 2. The van der Waals surface area contributed by atoms with Gasteiger partial charge in [0.1, 0.15) is 17.6 Å². The summed E-state index contributed by atoms with van der Waals surface area (Å²) in [6.07, 6.45) is 0.562. The Morgan fingerprint density at radius 3 is 2.58 bits per heavy atom. The predicted molar refractivity (Wildman–Crippen MR) is 93.1 cm³/mol. The molecule has 2 unspecified atom stereocenters. The first kappa shape index (κ1) is 16.9. The van der Waals surface area contributed by atoms with E-state index in [1.54, 1.807) is 6.92 Å². The van der Waals surface area contributed by atoms with E-state index in [0.717, 1.165) is 0 Å². The van der Waals surface area contributed by atoms with Gasteiger partial charge in [-0.15, -0.1) is 0 Å². The number of fused-ring (bicyclic) bond motifs is 1. The van der Waals surface area contributed by atoms with Crippen LogP contribution in [0.2, 0.25) is 0 Å². The van der Waals surface area contributed by atoms with Crippen molar-refractivity contribution in [2.75, 3.05) is 34.1 Å². The van der Waals surface area contributed by atoms with Crippen molar-refractivity contribution in [1.29, 1.82) is 0 Å². The molecule has 1 aromatic rings. The van der Waals surface area contributed by atoms with E-state index < -0.39 is 9.84 Å². The van der Waals surface area contributed by atoms with Crippen LogP contribution < -0.4 is 15.5 Å². The Kier molecular flexibility index (Phi) is 4.15. The van der Waals surface area contributed by atoms with Gasteiger partial charge < -0.3 is 15.5 Å². The summed E-state index contributed by atoms with van der Waals surface area (Å²) in [4.78, 5) is 23.0. The fourth-order valence-electron chi connectivity index (χ4n) is 3.17. The molecular formula is C15H23N5O3S. The van der Waals surface area contributed by atoms with Crippen LogP contribution in [0.4, 0.5) is 17.3 Å². The van der Waals surface area contributed by atoms with Gasteiger partial charge in [-0.25, -0.2) is 18.4 Å². The van der Waals surface area contributed by atoms with Crippen LogP contribution in [-0.4, -0.2) is 54.9 Å². The molecule has 0 spiro atoms. The third-order valence-electron chi connectivity index (χ3n) is 4.58. The molecule has 2 atom stereocenters. The van der Waals surface area contributed by atoms with Gasteiger partial charge in [0.15, 0.2) is 21.5 Å². The van der Waals surface area contributed by atoms with Crippen LogP contribution in [-0.2, 0) is 14.6 Å². The van der Waals surface area contributed by atoms with Crippen LogP contribution in [0.25, 0.3) is 0 Å². The molecule has 0 radical (unpaired) electrons. The third-order valence-corrected chi connectivity index (χ3v) is 6.33. The lowest BCUT2D eigenvalue weighted by Gasteiger charge is -2.33. The van der Waals surface area contributed by atoms with E-state index in [1.807, 2.05) is 25.8 Å². The van der Waals surface area contributed by atoms with Gasteiger partial charge in [0, 0.05) is 13.1 Å². The van der Waals surface area contributed by atoms with E-state index in [4.69, 9.17) is 0 Å². The van der Waals surface area contributed by atoms with Gasteiger partial charge in [-0.05, 0) is 19.3 Å². The zero-order chi connectivity index (χ0) is 17.6. The quantitative estimate of drug-likeness (QED) is 0.828. The summed E-state index contributed by atoms with van der Waals surface area (Å²) in [5.41, 5.74) is 0.522. The molecule has 1 amide bonds. The lowest BCUT2D eigenvalue weighted by molar-refractivity contribution is -0.117. The second-order valence-corrected chi connectivity index (χ2v) is 9.07. The second-order valence-electron chi connectivity index (χ2n) is 6.84. The van der Waals surface area contributed by atoms with Crippen LogP contribution in [0.3, 0.4) is 0 Å². The molecule has 1 saturated heterocycles. The molecule has 9 heteroatoms. The zero-order valence-electron chi connectivity index (χ0n) is 14.3. The maximum Gasteiger partial charge on any atom is 0.247 e. The van der Waals surface area contributed by atoms with Crippen molar-refractivity contribution in [3.05, 3.63) is 5.82 Å². The number of hydrogen-bond acceptors (Lipinski definition) is 7. The average Bonchev–Trinajstić information content (AvgIpc) is 2.85. The summed E-state index contributed by atoms with van der Waals surface area (Å²) in [5, 5.41) is 6.08. The second kappa shape index (κ2) is 5.87. The van der Waals surface area contributed by atoms with Crippen molar-refractivity contribution < 1.29 is 13.2 Å². The van der Waals surface area contributed by atoms with Gasteiger partial charge in [-0.3, -0.25) is 4.79 Å². The Morgan fingerprint density at radius 2 is 2.00 bits per heavy atom. The molecule has 0 bridgehead atoms. The van der Waals surface area contributed by atoms with E-state index in [1.165, 1.54) is 0 Å². The van der Waals surface area contributed by atoms with Crippen molar-refractivity contribution in [2.45, 2.75) is 39.3 Å². The van der Waals surface area contributed by atoms with Crippen LogP contribution in [0.15, 0.2) is 0 Å². The average molecular weight is 353 g/mol. The van der Waals surface area contributed by atoms with Crippen LogP contribution in [0, 0.1) is 12.8 Å². The monoisotopic (exact) mass is 353 g/mol. The van der Waals surface area contributed by atoms with E-state index in [-0.39, 0.29) is 35.4 Å². The number of carbonyl (C=O) groups excluding carboxylic acids is 1. The predicted octanol–water partition coefficient (Wildman–Crippen LogP) is 0.797. The Bertz CT molecular complexity index is 778. The molecule has 1 aromatic heterocycles. The number of sulfone groups is 1. The maximum atomic E-state index is 12.3. The Morgan fingerprint density at radius 1 is 1.29 bits per heavy atom. The smallest absolute Gasteiger partial charge is 0.247 e. The molecule has 132 valence electrons. The van der Waals surface area contributed by atoms with Crippen LogP contribution >= 0.6 is 0 Å². The minimum absolute atomic E-state index is 0.108. The van der Waals surface area contributed by atoms with Crippen molar-refractivity contribution in [3.63, 3.8) is 0 Å².